The highest BCUT2D eigenvalue weighted by molar-refractivity contribution is 5.93. The zero-order chi connectivity index (χ0) is 16.0. The molecule has 0 unspecified atom stereocenters. The Kier molecular flexibility index (Phi) is 3.63. The maximum Gasteiger partial charge on any atom is 0.274 e. The summed E-state index contributed by atoms with van der Waals surface area (Å²) in [5, 5.41) is 8.72. The summed E-state index contributed by atoms with van der Waals surface area (Å²) in [4.78, 5) is 13.9. The third-order valence-electron chi connectivity index (χ3n) is 5.76. The molecule has 1 aromatic carbocycles. The number of hydroxylamine groups is 1. The highest BCUT2D eigenvalue weighted by Gasteiger charge is 2.51. The SMILES string of the molecule is O=C(NO)c1cc(F)c2c(c1)CCN([C@H]1CCCC13COC3)C2. The minimum Gasteiger partial charge on any atom is -0.380 e. The predicted molar refractivity (Wildman–Crippen MR) is 80.7 cm³/mol. The zero-order valence-corrected chi connectivity index (χ0v) is 13.0. The smallest absolute Gasteiger partial charge is 0.274 e. The molecule has 4 rings (SSSR count). The monoisotopic (exact) mass is 320 g/mol. The Bertz CT molecular complexity index is 645. The highest BCUT2D eigenvalue weighted by atomic mass is 19.1. The number of carbonyl (C=O) groups is 1. The third-order valence-corrected chi connectivity index (χ3v) is 5.76. The number of fused-ring (bicyclic) bond motifs is 1. The van der Waals surface area contributed by atoms with Crippen LogP contribution in [0.4, 0.5) is 4.39 Å². The fourth-order valence-corrected chi connectivity index (χ4v) is 4.49. The largest absolute Gasteiger partial charge is 0.380 e. The molecule has 5 nitrogen and oxygen atoms in total. The molecule has 2 aliphatic heterocycles. The van der Waals surface area contributed by atoms with Crippen LogP contribution in [-0.4, -0.2) is 41.8 Å². The number of rotatable bonds is 2. The lowest BCUT2D eigenvalue weighted by atomic mass is 9.79. The van der Waals surface area contributed by atoms with Crippen molar-refractivity contribution < 1.29 is 19.1 Å². The van der Waals surface area contributed by atoms with Gasteiger partial charge in [0.1, 0.15) is 5.82 Å². The number of amides is 1. The van der Waals surface area contributed by atoms with Gasteiger partial charge in [0.15, 0.2) is 0 Å². The van der Waals surface area contributed by atoms with Crippen LogP contribution in [0.1, 0.15) is 40.7 Å². The van der Waals surface area contributed by atoms with Gasteiger partial charge in [-0.25, -0.2) is 9.87 Å². The Hall–Kier alpha value is -1.50. The van der Waals surface area contributed by atoms with E-state index < -0.39 is 5.91 Å². The number of nitrogens with one attached hydrogen (secondary N) is 1. The van der Waals surface area contributed by atoms with Gasteiger partial charge in [0, 0.05) is 35.7 Å². The third kappa shape index (κ3) is 2.36. The molecule has 2 heterocycles. The van der Waals surface area contributed by atoms with Gasteiger partial charge in [0.05, 0.1) is 13.2 Å². The second-order valence-corrected chi connectivity index (χ2v) is 7.02. The number of hydrogen-bond acceptors (Lipinski definition) is 4. The summed E-state index contributed by atoms with van der Waals surface area (Å²) >= 11 is 0. The van der Waals surface area contributed by atoms with Crippen LogP contribution in [0.2, 0.25) is 0 Å². The number of carbonyl (C=O) groups excluding carboxylic acids is 1. The van der Waals surface area contributed by atoms with Gasteiger partial charge in [-0.1, -0.05) is 6.42 Å². The van der Waals surface area contributed by atoms with E-state index in [0.717, 1.165) is 38.2 Å². The van der Waals surface area contributed by atoms with Gasteiger partial charge >= 0.3 is 0 Å². The normalized spacial score (nSPS) is 25.9. The second kappa shape index (κ2) is 5.54. The van der Waals surface area contributed by atoms with Crippen LogP contribution in [0.25, 0.3) is 0 Å². The van der Waals surface area contributed by atoms with E-state index in [9.17, 15) is 9.18 Å². The van der Waals surface area contributed by atoms with Crippen LogP contribution >= 0.6 is 0 Å². The molecule has 23 heavy (non-hydrogen) atoms. The number of benzene rings is 1. The Labute approximate surface area is 134 Å². The number of ether oxygens (including phenoxy) is 1. The molecule has 1 aliphatic carbocycles. The van der Waals surface area contributed by atoms with E-state index in [1.807, 2.05) is 0 Å². The number of hydrogen-bond donors (Lipinski definition) is 2. The molecule has 1 saturated carbocycles. The van der Waals surface area contributed by atoms with Gasteiger partial charge in [-0.3, -0.25) is 14.9 Å². The fraction of sp³-hybridized carbons (Fsp3) is 0.588. The van der Waals surface area contributed by atoms with Crippen LogP contribution in [0.5, 0.6) is 0 Å². The lowest BCUT2D eigenvalue weighted by Crippen LogP contribution is -2.56. The van der Waals surface area contributed by atoms with E-state index in [1.165, 1.54) is 18.9 Å². The maximum atomic E-state index is 14.5. The highest BCUT2D eigenvalue weighted by Crippen LogP contribution is 2.47. The van der Waals surface area contributed by atoms with E-state index in [1.54, 1.807) is 11.5 Å². The Morgan fingerprint density at radius 1 is 1.43 bits per heavy atom. The first kappa shape index (κ1) is 15.1. The molecule has 2 fully saturated rings. The molecule has 1 spiro atoms. The minimum atomic E-state index is -0.671. The van der Waals surface area contributed by atoms with E-state index >= 15 is 0 Å². The molecule has 6 heteroatoms. The van der Waals surface area contributed by atoms with Crippen LogP contribution in [0.15, 0.2) is 12.1 Å². The molecular formula is C17H21FN2O3. The lowest BCUT2D eigenvalue weighted by molar-refractivity contribution is -0.144. The topological polar surface area (TPSA) is 61.8 Å². The standard InChI is InChI=1S/C17H21FN2O3/c18-14-7-12(16(21)19-22)6-11-3-5-20(8-13(11)14)15-2-1-4-17(15)9-23-10-17/h6-7,15,22H,1-5,8-10H2,(H,19,21)/t15-/m0/s1. The fourth-order valence-electron chi connectivity index (χ4n) is 4.49. The predicted octanol–water partition coefficient (Wildman–Crippen LogP) is 1.87. The van der Waals surface area contributed by atoms with E-state index in [2.05, 4.69) is 4.90 Å². The van der Waals surface area contributed by atoms with Crippen LogP contribution in [0.3, 0.4) is 0 Å². The maximum absolute atomic E-state index is 14.5. The summed E-state index contributed by atoms with van der Waals surface area (Å²) in [5.41, 5.74) is 3.58. The van der Waals surface area contributed by atoms with Crippen molar-refractivity contribution in [3.63, 3.8) is 0 Å². The first-order chi connectivity index (χ1) is 11.1. The quantitative estimate of drug-likeness (QED) is 0.645. The van der Waals surface area contributed by atoms with Crippen molar-refractivity contribution in [2.45, 2.75) is 38.3 Å². The lowest BCUT2D eigenvalue weighted by Gasteiger charge is -2.48. The molecule has 3 aliphatic rings. The molecule has 0 aromatic heterocycles. The van der Waals surface area contributed by atoms with Crippen LogP contribution < -0.4 is 5.48 Å². The Morgan fingerprint density at radius 2 is 2.26 bits per heavy atom. The van der Waals surface area contributed by atoms with Gasteiger partial charge in [-0.05, 0) is 37.0 Å². The van der Waals surface area contributed by atoms with E-state index in [4.69, 9.17) is 9.94 Å². The number of nitrogens with zero attached hydrogens (tertiary/aromatic N) is 1. The summed E-state index contributed by atoms with van der Waals surface area (Å²) in [5.74, 6) is -1.03. The second-order valence-electron chi connectivity index (χ2n) is 7.02. The summed E-state index contributed by atoms with van der Waals surface area (Å²) in [6.07, 6.45) is 4.31. The van der Waals surface area contributed by atoms with Crippen molar-refractivity contribution in [1.82, 2.24) is 10.4 Å². The van der Waals surface area contributed by atoms with Crippen LogP contribution in [-0.2, 0) is 17.7 Å². The minimum absolute atomic E-state index is 0.168. The Balaban J connectivity index is 1.59. The van der Waals surface area contributed by atoms with Crippen molar-refractivity contribution in [2.75, 3.05) is 19.8 Å². The summed E-state index contributed by atoms with van der Waals surface area (Å²) in [7, 11) is 0. The van der Waals surface area contributed by atoms with Gasteiger partial charge in [0.25, 0.3) is 5.91 Å². The average Bonchev–Trinajstić information content (AvgIpc) is 2.99. The van der Waals surface area contributed by atoms with Gasteiger partial charge < -0.3 is 4.74 Å². The first-order valence-electron chi connectivity index (χ1n) is 8.20. The summed E-state index contributed by atoms with van der Waals surface area (Å²) < 4.78 is 19.9. The van der Waals surface area contributed by atoms with Crippen molar-refractivity contribution in [3.05, 3.63) is 34.6 Å². The molecular weight excluding hydrogens is 299 g/mol. The van der Waals surface area contributed by atoms with E-state index in [0.29, 0.717) is 18.2 Å². The Morgan fingerprint density at radius 3 is 2.96 bits per heavy atom. The van der Waals surface area contributed by atoms with Crippen molar-refractivity contribution >= 4 is 5.91 Å². The van der Waals surface area contributed by atoms with Gasteiger partial charge in [-0.2, -0.15) is 0 Å². The van der Waals surface area contributed by atoms with Crippen molar-refractivity contribution in [1.29, 1.82) is 0 Å². The number of halogens is 1. The van der Waals surface area contributed by atoms with Gasteiger partial charge in [0.2, 0.25) is 0 Å². The molecule has 124 valence electrons. The van der Waals surface area contributed by atoms with Crippen LogP contribution in [0, 0.1) is 11.2 Å². The molecule has 1 amide bonds. The molecule has 0 bridgehead atoms. The van der Waals surface area contributed by atoms with Crippen molar-refractivity contribution in [3.8, 4) is 0 Å². The first-order valence-corrected chi connectivity index (χ1v) is 8.20. The summed E-state index contributed by atoms with van der Waals surface area (Å²) in [6, 6.07) is 3.38. The molecule has 1 saturated heterocycles. The molecule has 1 aromatic rings. The molecule has 2 N–H and O–H groups in total. The van der Waals surface area contributed by atoms with Crippen molar-refractivity contribution in [2.24, 2.45) is 5.41 Å². The average molecular weight is 320 g/mol. The summed E-state index contributed by atoms with van der Waals surface area (Å²) in [6.45, 7) is 3.13. The van der Waals surface area contributed by atoms with E-state index in [-0.39, 0.29) is 16.8 Å². The molecule has 1 atom stereocenters. The molecule has 0 radical (unpaired) electrons. The van der Waals surface area contributed by atoms with Gasteiger partial charge in [-0.15, -0.1) is 0 Å². The zero-order valence-electron chi connectivity index (χ0n) is 13.0.